The number of pyridine rings is 1. The average molecular weight is 395 g/mol. The molecule has 2 aromatic heterocycles. The van der Waals surface area contributed by atoms with Crippen LogP contribution in [0.2, 0.25) is 0 Å². The van der Waals surface area contributed by atoms with Crippen molar-refractivity contribution in [3.8, 4) is 34.3 Å². The first-order valence-electron chi connectivity index (χ1n) is 9.43. The predicted octanol–water partition coefficient (Wildman–Crippen LogP) is 4.72. The Morgan fingerprint density at radius 3 is 2.47 bits per heavy atom. The first-order valence-corrected chi connectivity index (χ1v) is 9.43. The third-order valence-corrected chi connectivity index (χ3v) is 4.94. The summed E-state index contributed by atoms with van der Waals surface area (Å²) in [5.41, 5.74) is 2.10. The summed E-state index contributed by atoms with van der Waals surface area (Å²) in [6.45, 7) is 0. The monoisotopic (exact) mass is 395 g/mol. The van der Waals surface area contributed by atoms with Crippen LogP contribution in [-0.4, -0.2) is 21.8 Å². The van der Waals surface area contributed by atoms with Crippen molar-refractivity contribution in [1.82, 2.24) is 14.7 Å². The van der Waals surface area contributed by atoms with E-state index in [4.69, 9.17) is 9.26 Å². The Kier molecular flexibility index (Phi) is 4.37. The van der Waals surface area contributed by atoms with Gasteiger partial charge in [-0.1, -0.05) is 59.8 Å². The summed E-state index contributed by atoms with van der Waals surface area (Å²) < 4.78 is 12.5. The highest BCUT2D eigenvalue weighted by Crippen LogP contribution is 2.29. The molecule has 146 valence electrons. The SMILES string of the molecule is COc1cccc(-n2cc(-c3nc(-c4ccccc4)no3)c3ccccc3c2=O)c1. The van der Waals surface area contributed by atoms with Crippen LogP contribution in [-0.2, 0) is 0 Å². The quantitative estimate of drug-likeness (QED) is 0.440. The zero-order valence-corrected chi connectivity index (χ0v) is 16.1. The summed E-state index contributed by atoms with van der Waals surface area (Å²) in [6.07, 6.45) is 1.74. The smallest absolute Gasteiger partial charge is 0.262 e. The number of hydrogen-bond donors (Lipinski definition) is 0. The van der Waals surface area contributed by atoms with Crippen LogP contribution in [0.25, 0.3) is 39.3 Å². The number of aromatic nitrogens is 3. The number of hydrogen-bond acceptors (Lipinski definition) is 5. The average Bonchev–Trinajstić information content (AvgIpc) is 3.30. The summed E-state index contributed by atoms with van der Waals surface area (Å²) in [5, 5.41) is 5.45. The van der Waals surface area contributed by atoms with Crippen molar-refractivity contribution in [2.45, 2.75) is 0 Å². The molecule has 0 aliphatic rings. The van der Waals surface area contributed by atoms with Gasteiger partial charge in [-0.3, -0.25) is 9.36 Å². The van der Waals surface area contributed by atoms with Crippen molar-refractivity contribution < 1.29 is 9.26 Å². The van der Waals surface area contributed by atoms with E-state index < -0.39 is 0 Å². The van der Waals surface area contributed by atoms with E-state index in [0.29, 0.717) is 34.1 Å². The lowest BCUT2D eigenvalue weighted by Gasteiger charge is -2.11. The molecule has 30 heavy (non-hydrogen) atoms. The molecule has 0 radical (unpaired) electrons. The molecule has 0 unspecified atom stereocenters. The zero-order chi connectivity index (χ0) is 20.5. The minimum Gasteiger partial charge on any atom is -0.497 e. The van der Waals surface area contributed by atoms with E-state index in [1.54, 1.807) is 23.9 Å². The fourth-order valence-electron chi connectivity index (χ4n) is 3.45. The van der Waals surface area contributed by atoms with Crippen molar-refractivity contribution in [3.05, 3.63) is 95.4 Å². The van der Waals surface area contributed by atoms with Crippen molar-refractivity contribution in [3.63, 3.8) is 0 Å². The molecule has 6 heteroatoms. The van der Waals surface area contributed by atoms with Gasteiger partial charge in [0.25, 0.3) is 11.4 Å². The molecule has 0 fully saturated rings. The largest absolute Gasteiger partial charge is 0.497 e. The Hall–Kier alpha value is -4.19. The van der Waals surface area contributed by atoms with Gasteiger partial charge in [-0.15, -0.1) is 0 Å². The molecule has 0 atom stereocenters. The first-order chi connectivity index (χ1) is 14.7. The molecule has 5 aromatic rings. The fourth-order valence-corrected chi connectivity index (χ4v) is 3.45. The van der Waals surface area contributed by atoms with Gasteiger partial charge in [-0.05, 0) is 18.2 Å². The van der Waals surface area contributed by atoms with Crippen molar-refractivity contribution in [2.24, 2.45) is 0 Å². The normalized spacial score (nSPS) is 11.0. The summed E-state index contributed by atoms with van der Waals surface area (Å²) >= 11 is 0. The highest BCUT2D eigenvalue weighted by atomic mass is 16.5. The molecule has 0 aliphatic carbocycles. The fraction of sp³-hybridized carbons (Fsp3) is 0.0417. The maximum atomic E-state index is 13.2. The lowest BCUT2D eigenvalue weighted by Crippen LogP contribution is -2.18. The van der Waals surface area contributed by atoms with Gasteiger partial charge in [0, 0.05) is 28.6 Å². The Morgan fingerprint density at radius 2 is 1.67 bits per heavy atom. The first kappa shape index (κ1) is 17.9. The summed E-state index contributed by atoms with van der Waals surface area (Å²) in [4.78, 5) is 17.8. The number of benzene rings is 3. The van der Waals surface area contributed by atoms with Crippen molar-refractivity contribution in [2.75, 3.05) is 7.11 Å². The van der Waals surface area contributed by atoms with Crippen LogP contribution in [0, 0.1) is 0 Å². The second kappa shape index (κ2) is 7.33. The molecular weight excluding hydrogens is 378 g/mol. The van der Waals surface area contributed by atoms with Gasteiger partial charge in [0.2, 0.25) is 5.82 Å². The van der Waals surface area contributed by atoms with Crippen LogP contribution in [0.4, 0.5) is 0 Å². The lowest BCUT2D eigenvalue weighted by atomic mass is 10.1. The number of fused-ring (bicyclic) bond motifs is 1. The number of nitrogens with zero attached hydrogens (tertiary/aromatic N) is 3. The van der Waals surface area contributed by atoms with Crippen LogP contribution >= 0.6 is 0 Å². The van der Waals surface area contributed by atoms with Gasteiger partial charge in [0.15, 0.2) is 0 Å². The lowest BCUT2D eigenvalue weighted by molar-refractivity contribution is 0.414. The molecule has 2 heterocycles. The Bertz CT molecular complexity index is 1400. The summed E-state index contributed by atoms with van der Waals surface area (Å²) in [7, 11) is 1.59. The Balaban J connectivity index is 1.73. The van der Waals surface area contributed by atoms with E-state index in [2.05, 4.69) is 10.1 Å². The van der Waals surface area contributed by atoms with Gasteiger partial charge in [-0.25, -0.2) is 0 Å². The van der Waals surface area contributed by atoms with Gasteiger partial charge in [0.1, 0.15) is 5.75 Å². The van der Waals surface area contributed by atoms with Gasteiger partial charge in [0.05, 0.1) is 18.4 Å². The summed E-state index contributed by atoms with van der Waals surface area (Å²) in [5.74, 6) is 1.51. The molecule has 0 aliphatic heterocycles. The van der Waals surface area contributed by atoms with E-state index in [0.717, 1.165) is 10.9 Å². The van der Waals surface area contributed by atoms with E-state index in [1.807, 2.05) is 72.8 Å². The van der Waals surface area contributed by atoms with E-state index in [9.17, 15) is 4.79 Å². The van der Waals surface area contributed by atoms with Crippen LogP contribution in [0.3, 0.4) is 0 Å². The molecule has 0 saturated heterocycles. The molecule has 3 aromatic carbocycles. The van der Waals surface area contributed by atoms with Crippen LogP contribution in [0.1, 0.15) is 0 Å². The predicted molar refractivity (Wildman–Crippen MR) is 115 cm³/mol. The third kappa shape index (κ3) is 3.04. The molecule has 6 nitrogen and oxygen atoms in total. The molecular formula is C24H17N3O3. The number of ether oxygens (including phenoxy) is 1. The Labute approximate surface area is 172 Å². The zero-order valence-electron chi connectivity index (χ0n) is 16.1. The van der Waals surface area contributed by atoms with Crippen LogP contribution < -0.4 is 10.3 Å². The van der Waals surface area contributed by atoms with E-state index >= 15 is 0 Å². The molecule has 0 bridgehead atoms. The second-order valence-corrected chi connectivity index (χ2v) is 6.75. The highest BCUT2D eigenvalue weighted by molar-refractivity contribution is 5.94. The third-order valence-electron chi connectivity index (χ3n) is 4.94. The van der Waals surface area contributed by atoms with Crippen molar-refractivity contribution in [1.29, 1.82) is 0 Å². The molecule has 0 saturated carbocycles. The van der Waals surface area contributed by atoms with E-state index in [1.165, 1.54) is 0 Å². The molecule has 5 rings (SSSR count). The van der Waals surface area contributed by atoms with Gasteiger partial charge in [-0.2, -0.15) is 4.98 Å². The topological polar surface area (TPSA) is 70.2 Å². The maximum Gasteiger partial charge on any atom is 0.262 e. The van der Waals surface area contributed by atoms with Crippen LogP contribution in [0.5, 0.6) is 5.75 Å². The minimum absolute atomic E-state index is 0.134. The Morgan fingerprint density at radius 1 is 0.900 bits per heavy atom. The number of rotatable bonds is 4. The molecule has 0 spiro atoms. The van der Waals surface area contributed by atoms with Crippen molar-refractivity contribution >= 4 is 10.8 Å². The standard InChI is InChI=1S/C24H17N3O3/c1-29-18-11-7-10-17(14-18)27-15-21(19-12-5-6-13-20(19)24(27)28)23-25-22(26-30-23)16-8-3-2-4-9-16/h2-15H,1H3. The summed E-state index contributed by atoms with van der Waals surface area (Å²) in [6, 6.07) is 24.4. The molecule has 0 amide bonds. The van der Waals surface area contributed by atoms with Gasteiger partial charge < -0.3 is 9.26 Å². The minimum atomic E-state index is -0.134. The number of methoxy groups -OCH3 is 1. The van der Waals surface area contributed by atoms with Crippen LogP contribution in [0.15, 0.2) is 94.4 Å². The highest BCUT2D eigenvalue weighted by Gasteiger charge is 2.17. The van der Waals surface area contributed by atoms with Gasteiger partial charge >= 0.3 is 0 Å². The molecule has 0 N–H and O–H groups in total. The van der Waals surface area contributed by atoms with E-state index in [-0.39, 0.29) is 5.56 Å². The maximum absolute atomic E-state index is 13.2. The second-order valence-electron chi connectivity index (χ2n) is 6.75.